The molecule has 0 unspecified atom stereocenters. The first kappa shape index (κ1) is 25.3. The molecule has 0 amide bonds. The Bertz CT molecular complexity index is 581. The van der Waals surface area contributed by atoms with Gasteiger partial charge in [0.15, 0.2) is 11.5 Å². The van der Waals surface area contributed by atoms with Crippen molar-refractivity contribution in [3.63, 3.8) is 0 Å². The number of hydrogen-bond donors (Lipinski definition) is 2. The van der Waals surface area contributed by atoms with Gasteiger partial charge in [-0.3, -0.25) is 0 Å². The van der Waals surface area contributed by atoms with Gasteiger partial charge in [-0.25, -0.2) is 0 Å². The fraction of sp³-hybridized carbons (Fsp3) is 0.750. The highest BCUT2D eigenvalue weighted by atomic mass is 28.2. The molecule has 0 radical (unpaired) electrons. The van der Waals surface area contributed by atoms with Crippen LogP contribution >= 0.6 is 0 Å². The van der Waals surface area contributed by atoms with Crippen LogP contribution in [-0.4, -0.2) is 29.3 Å². The van der Waals surface area contributed by atoms with E-state index in [1.54, 1.807) is 0 Å². The summed E-state index contributed by atoms with van der Waals surface area (Å²) in [6, 6.07) is 4.24. The fourth-order valence-electron chi connectivity index (χ4n) is 5.26. The third-order valence-corrected chi connectivity index (χ3v) is 14.1. The van der Waals surface area contributed by atoms with E-state index in [-0.39, 0.29) is 33.2 Å². The van der Waals surface area contributed by atoms with Crippen LogP contribution in [0.4, 0.5) is 0 Å². The molecule has 0 saturated heterocycles. The van der Waals surface area contributed by atoms with E-state index in [0.29, 0.717) is 11.1 Å². The van der Waals surface area contributed by atoms with Crippen LogP contribution in [0.3, 0.4) is 0 Å². The van der Waals surface area contributed by atoms with E-state index in [1.807, 2.05) is 0 Å². The van der Waals surface area contributed by atoms with Gasteiger partial charge >= 0.3 is 0 Å². The van der Waals surface area contributed by atoms with E-state index in [0.717, 1.165) is 10.4 Å². The maximum absolute atomic E-state index is 10.9. The van der Waals surface area contributed by atoms with Crippen molar-refractivity contribution in [1.82, 2.24) is 0 Å². The van der Waals surface area contributed by atoms with E-state index in [2.05, 4.69) is 95.2 Å². The van der Waals surface area contributed by atoms with E-state index < -0.39 is 19.0 Å². The van der Waals surface area contributed by atoms with Gasteiger partial charge in [0.05, 0.1) is 19.0 Å². The van der Waals surface area contributed by atoms with Crippen LogP contribution < -0.4 is 10.4 Å². The van der Waals surface area contributed by atoms with Crippen molar-refractivity contribution >= 4 is 29.4 Å². The first-order chi connectivity index (χ1) is 12.3. The van der Waals surface area contributed by atoms with Crippen LogP contribution in [0.15, 0.2) is 12.1 Å². The number of phenols is 2. The van der Waals surface area contributed by atoms with Gasteiger partial charge in [-0.05, 0) is 43.1 Å². The predicted molar refractivity (Wildman–Crippen MR) is 131 cm³/mol. The maximum Gasteiger partial charge on any atom is 0.155 e. The Labute approximate surface area is 179 Å². The van der Waals surface area contributed by atoms with E-state index in [1.165, 1.54) is 0 Å². The number of benzene rings is 1. The molecule has 0 aromatic heterocycles. The second-order valence-corrected chi connectivity index (χ2v) is 17.0. The molecule has 0 spiro atoms. The third kappa shape index (κ3) is 6.38. The summed E-state index contributed by atoms with van der Waals surface area (Å²) in [7, 11) is -1.50. The lowest BCUT2D eigenvalue weighted by Gasteiger charge is -2.41. The summed E-state index contributed by atoms with van der Waals surface area (Å²) < 4.78 is 0. The van der Waals surface area contributed by atoms with Crippen molar-refractivity contribution < 1.29 is 10.2 Å². The van der Waals surface area contributed by atoms with Crippen molar-refractivity contribution in [3.05, 3.63) is 12.1 Å². The highest BCUT2D eigenvalue weighted by molar-refractivity contribution is 6.59. The molecule has 2 nitrogen and oxygen atoms in total. The number of aromatic hydroxyl groups is 2. The van der Waals surface area contributed by atoms with Crippen LogP contribution in [0.1, 0.15) is 83.1 Å². The van der Waals surface area contributed by atoms with Crippen LogP contribution in [0.25, 0.3) is 0 Å². The summed E-state index contributed by atoms with van der Waals surface area (Å²) in [5, 5.41) is 23.8. The molecule has 0 aliphatic carbocycles. The maximum atomic E-state index is 10.9. The molecule has 0 aliphatic heterocycles. The molecule has 1 aromatic carbocycles. The minimum Gasteiger partial charge on any atom is -0.504 e. The number of phenolic OH excluding ortho intramolecular Hbond substituents is 2. The number of hydrogen-bond acceptors (Lipinski definition) is 2. The van der Waals surface area contributed by atoms with Crippen molar-refractivity contribution in [2.24, 2.45) is 21.7 Å². The molecule has 162 valence electrons. The number of rotatable bonds is 4. The van der Waals surface area contributed by atoms with Gasteiger partial charge in [0.1, 0.15) is 0 Å². The summed E-state index contributed by atoms with van der Waals surface area (Å²) in [4.78, 5) is 0. The molecule has 28 heavy (non-hydrogen) atoms. The van der Waals surface area contributed by atoms with Gasteiger partial charge in [0.25, 0.3) is 0 Å². The SMILES string of the molecule is CC(C)(C)C([SiH2]c1ccc([SiH2]C(C(C)(C)C)C(C)(C)C)c(O)c1O)C(C)(C)C. The lowest BCUT2D eigenvalue weighted by Crippen LogP contribution is -2.39. The Balaban J connectivity index is 3.27. The molecular weight excluding hydrogens is 376 g/mol. The van der Waals surface area contributed by atoms with Gasteiger partial charge in [0, 0.05) is 0 Å². The first-order valence-electron chi connectivity index (χ1n) is 10.8. The van der Waals surface area contributed by atoms with Gasteiger partial charge < -0.3 is 10.2 Å². The molecule has 0 bridgehead atoms. The van der Waals surface area contributed by atoms with Crippen LogP contribution in [-0.2, 0) is 0 Å². The van der Waals surface area contributed by atoms with Gasteiger partial charge in [-0.1, -0.05) is 95.2 Å². The minimum absolute atomic E-state index is 0.164. The topological polar surface area (TPSA) is 40.5 Å². The fourth-order valence-corrected chi connectivity index (χ4v) is 9.81. The summed E-state index contributed by atoms with van der Waals surface area (Å²) in [6.45, 7) is 27.6. The summed E-state index contributed by atoms with van der Waals surface area (Å²) in [5.41, 5.74) is 1.80. The monoisotopic (exact) mass is 422 g/mol. The molecule has 1 aromatic rings. The van der Waals surface area contributed by atoms with Gasteiger partial charge in [-0.15, -0.1) is 0 Å². The summed E-state index contributed by atoms with van der Waals surface area (Å²) in [5.74, 6) is 0.327. The molecule has 2 N–H and O–H groups in total. The molecule has 1 rings (SSSR count). The van der Waals surface area contributed by atoms with E-state index >= 15 is 0 Å². The minimum atomic E-state index is -0.748. The zero-order valence-electron chi connectivity index (χ0n) is 20.6. The standard InChI is InChI=1S/C24H46O2Si2/c1-21(2,3)19(22(4,5)6)27-15-13-14-16(18(26)17(15)25)28-20(23(7,8)9)24(10,11)12/h13-14,19-20,25-26H,27-28H2,1-12H3. The molecule has 0 aliphatic rings. The Kier molecular flexibility index (Phi) is 7.38. The van der Waals surface area contributed by atoms with Gasteiger partial charge in [-0.2, -0.15) is 0 Å². The lowest BCUT2D eigenvalue weighted by atomic mass is 9.76. The van der Waals surface area contributed by atoms with Crippen molar-refractivity contribution in [3.8, 4) is 11.5 Å². The molecule has 0 atom stereocenters. The highest BCUT2D eigenvalue weighted by Gasteiger charge is 2.37. The molecule has 0 heterocycles. The normalized spacial score (nSPS) is 15.1. The average Bonchev–Trinajstić information content (AvgIpc) is 2.42. The largest absolute Gasteiger partial charge is 0.504 e. The van der Waals surface area contributed by atoms with E-state index in [9.17, 15) is 10.2 Å². The average molecular weight is 423 g/mol. The Morgan fingerprint density at radius 1 is 0.536 bits per heavy atom. The first-order valence-corrected chi connectivity index (χ1v) is 13.8. The van der Waals surface area contributed by atoms with E-state index in [4.69, 9.17) is 0 Å². The second-order valence-electron chi connectivity index (χ2n) is 13.1. The van der Waals surface area contributed by atoms with Crippen LogP contribution in [0.2, 0.25) is 11.1 Å². The van der Waals surface area contributed by atoms with Crippen molar-refractivity contribution in [2.75, 3.05) is 0 Å². The summed E-state index contributed by atoms with van der Waals surface area (Å²) >= 11 is 0. The molecule has 4 heteroatoms. The lowest BCUT2D eigenvalue weighted by molar-refractivity contribution is 0.232. The summed E-state index contributed by atoms with van der Waals surface area (Å²) in [6.07, 6.45) is 0. The van der Waals surface area contributed by atoms with Crippen LogP contribution in [0, 0.1) is 21.7 Å². The van der Waals surface area contributed by atoms with Crippen molar-refractivity contribution in [2.45, 2.75) is 94.2 Å². The Morgan fingerprint density at radius 3 is 0.929 bits per heavy atom. The second kappa shape index (κ2) is 8.18. The highest BCUT2D eigenvalue weighted by Crippen LogP contribution is 2.46. The smallest absolute Gasteiger partial charge is 0.155 e. The Morgan fingerprint density at radius 2 is 0.750 bits per heavy atom. The zero-order valence-corrected chi connectivity index (χ0v) is 23.4. The van der Waals surface area contributed by atoms with Crippen molar-refractivity contribution in [1.29, 1.82) is 0 Å². The predicted octanol–water partition coefficient (Wildman–Crippen LogP) is 4.45. The molecular formula is C24H46O2Si2. The molecule has 0 saturated carbocycles. The van der Waals surface area contributed by atoms with Crippen LogP contribution in [0.5, 0.6) is 11.5 Å². The molecule has 0 fully saturated rings. The quantitative estimate of drug-likeness (QED) is 0.556. The Hall–Kier alpha value is -0.746. The zero-order chi connectivity index (χ0) is 22.3. The van der Waals surface area contributed by atoms with Gasteiger partial charge in [0.2, 0.25) is 0 Å². The third-order valence-electron chi connectivity index (χ3n) is 6.35.